The van der Waals surface area contributed by atoms with Crippen LogP contribution in [0.1, 0.15) is 29.8 Å². The van der Waals surface area contributed by atoms with Crippen molar-refractivity contribution in [3.05, 3.63) is 46.8 Å². The number of nitrogens with zero attached hydrogens (tertiary/aromatic N) is 2. The average Bonchev–Trinajstić information content (AvgIpc) is 3.08. The first-order chi connectivity index (χ1) is 12.8. The second-order valence-corrected chi connectivity index (χ2v) is 9.19. The summed E-state index contributed by atoms with van der Waals surface area (Å²) in [5.41, 5.74) is 0.580. The van der Waals surface area contributed by atoms with Gasteiger partial charge in [0.05, 0.1) is 22.7 Å². The number of hydrogen-bond acceptors (Lipinski definition) is 6. The maximum absolute atomic E-state index is 13.0. The lowest BCUT2D eigenvalue weighted by atomic mass is 10.2. The molecule has 0 radical (unpaired) electrons. The van der Waals surface area contributed by atoms with E-state index >= 15 is 0 Å². The standard InChI is InChI=1S/C18H19N3O4S2/c1-12-10-21(11-13(2)25-12)27(23,24)16-5-3-4-14(8-16)17(22)20-18-15(9-19)6-7-26-18/h3-8,12-13H,10-11H2,1-2H3,(H,20,22)/t12-,13-/m0/s1. The molecule has 0 bridgehead atoms. The second kappa shape index (κ2) is 7.78. The highest BCUT2D eigenvalue weighted by Gasteiger charge is 2.32. The lowest BCUT2D eigenvalue weighted by Gasteiger charge is -2.34. The quantitative estimate of drug-likeness (QED) is 0.843. The molecule has 2 heterocycles. The fourth-order valence-corrected chi connectivity index (χ4v) is 5.31. The topological polar surface area (TPSA) is 99.5 Å². The summed E-state index contributed by atoms with van der Waals surface area (Å²) in [4.78, 5) is 12.6. The van der Waals surface area contributed by atoms with Gasteiger partial charge in [-0.2, -0.15) is 9.57 Å². The van der Waals surface area contributed by atoms with Crippen LogP contribution in [0.25, 0.3) is 0 Å². The molecule has 0 aliphatic carbocycles. The van der Waals surface area contributed by atoms with Gasteiger partial charge in [-0.1, -0.05) is 6.07 Å². The number of rotatable bonds is 4. The minimum absolute atomic E-state index is 0.0585. The minimum atomic E-state index is -3.74. The third-order valence-electron chi connectivity index (χ3n) is 4.13. The molecule has 27 heavy (non-hydrogen) atoms. The van der Waals surface area contributed by atoms with Crippen molar-refractivity contribution < 1.29 is 17.9 Å². The molecule has 1 saturated heterocycles. The second-order valence-electron chi connectivity index (χ2n) is 6.34. The molecule has 7 nitrogen and oxygen atoms in total. The number of thiophene rings is 1. The van der Waals surface area contributed by atoms with Crippen molar-refractivity contribution in [2.45, 2.75) is 31.0 Å². The molecule has 3 rings (SSSR count). The van der Waals surface area contributed by atoms with Crippen molar-refractivity contribution in [1.82, 2.24) is 4.31 Å². The van der Waals surface area contributed by atoms with Crippen LogP contribution < -0.4 is 5.32 Å². The fourth-order valence-electron chi connectivity index (χ4n) is 2.94. The number of hydrogen-bond donors (Lipinski definition) is 1. The Morgan fingerprint density at radius 1 is 1.30 bits per heavy atom. The van der Waals surface area contributed by atoms with Crippen molar-refractivity contribution in [2.24, 2.45) is 0 Å². The van der Waals surface area contributed by atoms with Crippen LogP contribution in [0.2, 0.25) is 0 Å². The molecule has 1 fully saturated rings. The van der Waals surface area contributed by atoms with Gasteiger partial charge in [0, 0.05) is 18.7 Å². The third-order valence-corrected chi connectivity index (χ3v) is 6.79. The summed E-state index contributed by atoms with van der Waals surface area (Å²) in [5.74, 6) is -0.463. The van der Waals surface area contributed by atoms with Crippen LogP contribution in [0, 0.1) is 11.3 Å². The molecule has 2 atom stereocenters. The number of carbonyl (C=O) groups is 1. The highest BCUT2D eigenvalue weighted by molar-refractivity contribution is 7.89. The van der Waals surface area contributed by atoms with Crippen LogP contribution in [0.3, 0.4) is 0 Å². The zero-order valence-corrected chi connectivity index (χ0v) is 16.5. The van der Waals surface area contributed by atoms with E-state index in [1.807, 2.05) is 19.9 Å². The molecule has 1 aromatic heterocycles. The highest BCUT2D eigenvalue weighted by atomic mass is 32.2. The van der Waals surface area contributed by atoms with E-state index in [1.165, 1.54) is 33.8 Å². The Morgan fingerprint density at radius 2 is 2.00 bits per heavy atom. The molecule has 2 aromatic rings. The van der Waals surface area contributed by atoms with E-state index in [2.05, 4.69) is 5.32 Å². The van der Waals surface area contributed by atoms with Crippen LogP contribution in [-0.4, -0.2) is 43.9 Å². The molecular weight excluding hydrogens is 386 g/mol. The number of amides is 1. The van der Waals surface area contributed by atoms with Crippen LogP contribution in [0.4, 0.5) is 5.00 Å². The lowest BCUT2D eigenvalue weighted by Crippen LogP contribution is -2.48. The van der Waals surface area contributed by atoms with Gasteiger partial charge in [0.25, 0.3) is 5.91 Å². The predicted molar refractivity (Wildman–Crippen MR) is 102 cm³/mol. The molecule has 0 spiro atoms. The number of anilines is 1. The Morgan fingerprint density at radius 3 is 2.67 bits per heavy atom. The smallest absolute Gasteiger partial charge is 0.256 e. The average molecular weight is 406 g/mol. The molecular formula is C18H19N3O4S2. The zero-order valence-electron chi connectivity index (χ0n) is 14.9. The monoisotopic (exact) mass is 405 g/mol. The lowest BCUT2D eigenvalue weighted by molar-refractivity contribution is -0.0440. The normalized spacial score (nSPS) is 20.8. The Labute approximate surface area is 162 Å². The van der Waals surface area contributed by atoms with Gasteiger partial charge in [-0.15, -0.1) is 11.3 Å². The molecule has 9 heteroatoms. The summed E-state index contributed by atoms with van der Waals surface area (Å²) >= 11 is 1.24. The van der Waals surface area contributed by atoms with Crippen LogP contribution in [0.15, 0.2) is 40.6 Å². The first-order valence-electron chi connectivity index (χ1n) is 8.36. The van der Waals surface area contributed by atoms with E-state index in [1.54, 1.807) is 17.5 Å². The van der Waals surface area contributed by atoms with Crippen LogP contribution >= 0.6 is 11.3 Å². The van der Waals surface area contributed by atoms with Crippen molar-refractivity contribution >= 4 is 32.3 Å². The molecule has 142 valence electrons. The van der Waals surface area contributed by atoms with Crippen molar-refractivity contribution in [2.75, 3.05) is 18.4 Å². The van der Waals surface area contributed by atoms with E-state index in [0.717, 1.165) is 0 Å². The molecule has 1 amide bonds. The first kappa shape index (κ1) is 19.5. The van der Waals surface area contributed by atoms with Crippen molar-refractivity contribution in [3.8, 4) is 6.07 Å². The Bertz CT molecular complexity index is 984. The van der Waals surface area contributed by atoms with Gasteiger partial charge in [-0.3, -0.25) is 4.79 Å². The molecule has 0 unspecified atom stereocenters. The largest absolute Gasteiger partial charge is 0.373 e. The highest BCUT2D eigenvalue weighted by Crippen LogP contribution is 2.25. The molecule has 1 aliphatic heterocycles. The number of sulfonamides is 1. The molecule has 1 N–H and O–H groups in total. The van der Waals surface area contributed by atoms with Gasteiger partial charge in [0.2, 0.25) is 10.0 Å². The summed E-state index contributed by atoms with van der Waals surface area (Å²) in [6.45, 7) is 4.19. The van der Waals surface area contributed by atoms with Gasteiger partial charge in [0.15, 0.2) is 0 Å². The number of ether oxygens (including phenoxy) is 1. The van der Waals surface area contributed by atoms with E-state index < -0.39 is 15.9 Å². The fraction of sp³-hybridized carbons (Fsp3) is 0.333. The van der Waals surface area contributed by atoms with Gasteiger partial charge in [0.1, 0.15) is 11.1 Å². The van der Waals surface area contributed by atoms with Crippen LogP contribution in [-0.2, 0) is 14.8 Å². The summed E-state index contributed by atoms with van der Waals surface area (Å²) in [6, 6.07) is 9.52. The molecule has 1 aromatic carbocycles. The summed E-state index contributed by atoms with van der Waals surface area (Å²) in [6.07, 6.45) is -0.392. The minimum Gasteiger partial charge on any atom is -0.373 e. The summed E-state index contributed by atoms with van der Waals surface area (Å²) < 4.78 is 32.9. The van der Waals surface area contributed by atoms with Gasteiger partial charge in [-0.05, 0) is 43.5 Å². The number of nitriles is 1. The van der Waals surface area contributed by atoms with E-state index in [0.29, 0.717) is 10.6 Å². The SMILES string of the molecule is C[C@H]1CN(S(=O)(=O)c2cccc(C(=O)Nc3sccc3C#N)c2)C[C@H](C)O1. The van der Waals surface area contributed by atoms with E-state index in [9.17, 15) is 13.2 Å². The van der Waals surface area contributed by atoms with Gasteiger partial charge < -0.3 is 10.1 Å². The van der Waals surface area contributed by atoms with Crippen LogP contribution in [0.5, 0.6) is 0 Å². The number of carbonyl (C=O) groups excluding carboxylic acids is 1. The predicted octanol–water partition coefficient (Wildman–Crippen LogP) is 2.67. The first-order valence-corrected chi connectivity index (χ1v) is 10.7. The third kappa shape index (κ3) is 4.20. The molecule has 1 aliphatic rings. The van der Waals surface area contributed by atoms with Crippen molar-refractivity contribution in [1.29, 1.82) is 5.26 Å². The Balaban J connectivity index is 1.84. The Hall–Kier alpha value is -2.25. The van der Waals surface area contributed by atoms with E-state index in [4.69, 9.17) is 10.00 Å². The number of morpholine rings is 1. The summed E-state index contributed by atoms with van der Waals surface area (Å²) in [5, 5.41) is 13.8. The Kier molecular flexibility index (Phi) is 5.62. The van der Waals surface area contributed by atoms with Gasteiger partial charge in [-0.25, -0.2) is 8.42 Å². The van der Waals surface area contributed by atoms with E-state index in [-0.39, 0.29) is 35.8 Å². The number of nitrogens with one attached hydrogen (secondary N) is 1. The summed E-state index contributed by atoms with van der Waals surface area (Å²) in [7, 11) is -3.74. The zero-order chi connectivity index (χ0) is 19.6. The van der Waals surface area contributed by atoms with Crippen molar-refractivity contribution in [3.63, 3.8) is 0 Å². The maximum Gasteiger partial charge on any atom is 0.256 e. The molecule has 0 saturated carbocycles. The maximum atomic E-state index is 13.0. The number of benzene rings is 1. The van der Waals surface area contributed by atoms with Gasteiger partial charge >= 0.3 is 0 Å².